The Bertz CT molecular complexity index is 2240. The van der Waals surface area contributed by atoms with Gasteiger partial charge in [-0.2, -0.15) is 0 Å². The zero-order valence-corrected chi connectivity index (χ0v) is 34.3. The van der Waals surface area contributed by atoms with E-state index in [0.717, 1.165) is 17.1 Å². The molecule has 336 valence electrons. The number of imidazole rings is 1. The van der Waals surface area contributed by atoms with Crippen LogP contribution in [0.15, 0.2) is 61.2 Å². The summed E-state index contributed by atoms with van der Waals surface area (Å²) in [6, 6.07) is 2.76. The smallest absolute Gasteiger partial charge is 0.408 e. The number of benzene rings is 1. The minimum absolute atomic E-state index is 0.175. The van der Waals surface area contributed by atoms with Crippen LogP contribution in [0.5, 0.6) is 0 Å². The van der Waals surface area contributed by atoms with E-state index in [4.69, 9.17) is 9.47 Å². The summed E-state index contributed by atoms with van der Waals surface area (Å²) in [6.45, 7) is 5.67. The molecule has 10 N–H and O–H groups in total. The molecule has 1 aliphatic carbocycles. The van der Waals surface area contributed by atoms with Crippen molar-refractivity contribution < 1.29 is 58.4 Å². The van der Waals surface area contributed by atoms with Crippen LogP contribution in [0.1, 0.15) is 51.5 Å². The fourth-order valence-electron chi connectivity index (χ4n) is 7.29. The number of alkyl carbamates (subject to hydrolysis) is 1. The summed E-state index contributed by atoms with van der Waals surface area (Å²) >= 11 is 0. The van der Waals surface area contributed by atoms with E-state index < -0.39 is 96.3 Å². The number of aliphatic hydroxyl groups excluding tert-OH is 3. The van der Waals surface area contributed by atoms with Gasteiger partial charge >= 0.3 is 6.09 Å². The average Bonchev–Trinajstić information content (AvgIpc) is 4.02. The predicted molar refractivity (Wildman–Crippen MR) is 219 cm³/mol. The Hall–Kier alpha value is -6.82. The van der Waals surface area contributed by atoms with Crippen LogP contribution < -0.4 is 31.9 Å². The second kappa shape index (κ2) is 19.9. The van der Waals surface area contributed by atoms with E-state index in [1.165, 1.54) is 26.5 Å². The number of aliphatic hydroxyl groups is 3. The Kier molecular flexibility index (Phi) is 14.4. The van der Waals surface area contributed by atoms with Crippen LogP contribution in [-0.2, 0) is 44.8 Å². The van der Waals surface area contributed by atoms with Crippen molar-refractivity contribution in [2.75, 3.05) is 23.8 Å². The Morgan fingerprint density at radius 3 is 2.37 bits per heavy atom. The number of nitrogens with zero attached hydrogens (tertiary/aromatic N) is 4. The first-order valence-electron chi connectivity index (χ1n) is 20.1. The summed E-state index contributed by atoms with van der Waals surface area (Å²) < 4.78 is 11.3. The fraction of sp³-hybridized carbons (Fsp3) is 0.450. The van der Waals surface area contributed by atoms with Gasteiger partial charge in [0.1, 0.15) is 54.4 Å². The number of aromatic nitrogens is 4. The van der Waals surface area contributed by atoms with E-state index in [1.54, 1.807) is 24.3 Å². The van der Waals surface area contributed by atoms with E-state index >= 15 is 0 Å². The van der Waals surface area contributed by atoms with Crippen molar-refractivity contribution in [2.24, 2.45) is 0 Å². The molecule has 1 saturated heterocycles. The van der Waals surface area contributed by atoms with Gasteiger partial charge in [0, 0.05) is 30.8 Å². The number of carbonyl (C=O) groups is 7. The first kappa shape index (κ1) is 45.7. The summed E-state index contributed by atoms with van der Waals surface area (Å²) in [5.74, 6) is -3.42. The molecule has 1 aromatic carbocycles. The molecule has 7 amide bonds. The number of anilines is 2. The van der Waals surface area contributed by atoms with E-state index in [-0.39, 0.29) is 43.8 Å². The topological polar surface area (TPSA) is 329 Å². The maximum absolute atomic E-state index is 13.8. The van der Waals surface area contributed by atoms with Crippen molar-refractivity contribution in [1.82, 2.24) is 46.1 Å². The van der Waals surface area contributed by atoms with Crippen LogP contribution in [0.2, 0.25) is 0 Å². The lowest BCUT2D eigenvalue weighted by molar-refractivity contribution is -0.186. The second-order valence-electron chi connectivity index (χ2n) is 15.4. The second-order valence-corrected chi connectivity index (χ2v) is 15.4. The number of fused-ring (bicyclic) bond motifs is 1. The summed E-state index contributed by atoms with van der Waals surface area (Å²) in [6.07, 6.45) is -0.206. The summed E-state index contributed by atoms with van der Waals surface area (Å²) in [4.78, 5) is 105. The number of hydrogen-bond donors (Lipinski definition) is 10. The molecule has 23 nitrogen and oxygen atoms in total. The quantitative estimate of drug-likeness (QED) is 0.0559. The van der Waals surface area contributed by atoms with Gasteiger partial charge in [-0.3, -0.25) is 33.7 Å². The highest BCUT2D eigenvalue weighted by atomic mass is 16.6. The molecule has 2 aliphatic heterocycles. The van der Waals surface area contributed by atoms with Crippen molar-refractivity contribution in [1.29, 1.82) is 0 Å². The Morgan fingerprint density at radius 1 is 1.00 bits per heavy atom. The first-order chi connectivity index (χ1) is 30.1. The lowest BCUT2D eigenvalue weighted by Crippen LogP contribution is -2.69. The van der Waals surface area contributed by atoms with E-state index in [1.807, 2.05) is 0 Å². The minimum Gasteiger partial charge on any atom is -0.445 e. The maximum Gasteiger partial charge on any atom is 0.408 e. The first-order valence-corrected chi connectivity index (χ1v) is 20.1. The van der Waals surface area contributed by atoms with Crippen LogP contribution in [0, 0.1) is 0 Å². The van der Waals surface area contributed by atoms with Crippen molar-refractivity contribution in [2.45, 2.75) is 101 Å². The highest BCUT2D eigenvalue weighted by molar-refractivity contribution is 6.13. The Labute approximate surface area is 359 Å². The lowest BCUT2D eigenvalue weighted by Gasteiger charge is -2.43. The zero-order valence-electron chi connectivity index (χ0n) is 34.3. The molecule has 23 heteroatoms. The van der Waals surface area contributed by atoms with Gasteiger partial charge in [0.05, 0.1) is 19.0 Å². The number of amides is 7. The number of nitrogens with one attached hydrogen (secondary N) is 7. The van der Waals surface area contributed by atoms with Gasteiger partial charge < -0.3 is 61.7 Å². The van der Waals surface area contributed by atoms with Gasteiger partial charge in [0.2, 0.25) is 23.6 Å². The third-order valence-corrected chi connectivity index (χ3v) is 10.8. The number of ether oxygens (including phenoxy) is 2. The normalized spacial score (nSPS) is 22.5. The molecule has 0 unspecified atom stereocenters. The zero-order chi connectivity index (χ0) is 45.4. The van der Waals surface area contributed by atoms with E-state index in [9.17, 15) is 48.9 Å². The fourth-order valence-corrected chi connectivity index (χ4v) is 7.29. The largest absolute Gasteiger partial charge is 0.445 e. The highest BCUT2D eigenvalue weighted by Gasteiger charge is 2.49. The molecule has 1 saturated carbocycles. The number of carbonyl (C=O) groups excluding carboxylic acids is 7. The molecule has 3 aromatic rings. The average molecular weight is 876 g/mol. The Balaban J connectivity index is 0.962. The van der Waals surface area contributed by atoms with Gasteiger partial charge in [-0.1, -0.05) is 31.6 Å². The van der Waals surface area contributed by atoms with Crippen molar-refractivity contribution in [3.8, 4) is 0 Å². The molecule has 0 bridgehead atoms. The van der Waals surface area contributed by atoms with Crippen LogP contribution in [0.25, 0.3) is 11.2 Å². The van der Waals surface area contributed by atoms with Crippen LogP contribution in [0.4, 0.5) is 16.3 Å². The van der Waals surface area contributed by atoms with Gasteiger partial charge in [-0.25, -0.2) is 19.7 Å². The van der Waals surface area contributed by atoms with Gasteiger partial charge in [-0.15, -0.1) is 0 Å². The number of rotatable bonds is 17. The monoisotopic (exact) mass is 875 g/mol. The molecule has 0 spiro atoms. The van der Waals surface area contributed by atoms with Crippen molar-refractivity contribution in [3.05, 3.63) is 66.8 Å². The number of aromatic amines is 1. The molecule has 2 fully saturated rings. The number of hydrogen-bond acceptors (Lipinski definition) is 16. The maximum atomic E-state index is 13.8. The summed E-state index contributed by atoms with van der Waals surface area (Å²) in [5.41, 5.74) is 0.508. The van der Waals surface area contributed by atoms with E-state index in [2.05, 4.69) is 58.4 Å². The molecule has 7 atom stereocenters. The number of H-pyrrole nitrogens is 1. The molecule has 6 rings (SSSR count). The molecular formula is C40H49N11O12. The lowest BCUT2D eigenvalue weighted by atomic mass is 9.91. The predicted octanol–water partition coefficient (Wildman–Crippen LogP) is -1.25. The van der Waals surface area contributed by atoms with Gasteiger partial charge in [0.25, 0.3) is 11.8 Å². The van der Waals surface area contributed by atoms with Gasteiger partial charge in [0.15, 0.2) is 17.7 Å². The molecule has 2 aromatic heterocycles. The molecule has 4 heterocycles. The summed E-state index contributed by atoms with van der Waals surface area (Å²) in [5, 5.41) is 48.2. The third kappa shape index (κ3) is 10.8. The standard InChI is InChI=1S/C40H49N11O12/c1-20(2)28(47-25(53)12-15-51-26(54)10-11-27(51)55)36(59)45-21(3)35(58)46-23-8-6-22(7-9-23)17-62-39(61)50-40(13-4-5-14-40)38(60)48-29-24(16-52)63-37(32(57)31(29)56)49-34-30-33(42-18-41-30)43-19-44-34/h6-11,18-19,21,24,28-29,31-32,37,52,56-57H,1,4-5,12-17H2,2-3H3,(H,45,59)(H,46,58)(H,47,53)(H,48,60)(H,50,61)(H2,41,42,43,44,49)/t21-,24-,28-,29-,31+,32-,37-/m0/s1. The van der Waals surface area contributed by atoms with Crippen LogP contribution in [-0.4, -0.2) is 143 Å². The molecule has 0 radical (unpaired) electrons. The van der Waals surface area contributed by atoms with Gasteiger partial charge in [-0.05, 0) is 50.0 Å². The minimum atomic E-state index is -1.61. The number of imide groups is 1. The molecular weight excluding hydrogens is 827 g/mol. The third-order valence-electron chi connectivity index (χ3n) is 10.8. The highest BCUT2D eigenvalue weighted by Crippen LogP contribution is 2.32. The van der Waals surface area contributed by atoms with Crippen LogP contribution >= 0.6 is 0 Å². The van der Waals surface area contributed by atoms with Crippen LogP contribution in [0.3, 0.4) is 0 Å². The Morgan fingerprint density at radius 2 is 1.70 bits per heavy atom. The van der Waals surface area contributed by atoms with E-state index in [0.29, 0.717) is 35.3 Å². The molecule has 63 heavy (non-hydrogen) atoms. The summed E-state index contributed by atoms with van der Waals surface area (Å²) in [7, 11) is 0. The van der Waals surface area contributed by atoms with Crippen molar-refractivity contribution in [3.63, 3.8) is 0 Å². The SMILES string of the molecule is C=C(C)[C@H](NC(=O)CCN1C(=O)C=CC1=O)C(=O)N[C@@H](C)C(=O)Nc1ccc(COC(=O)NC2(C(=O)N[C@@H]3[C@@H](O)[C@H](O)[C@@H](Nc4ncnc5nc[nH]c45)O[C@H]3CO)CCCC2)cc1. The molecule has 3 aliphatic rings. The van der Waals surface area contributed by atoms with Crippen molar-refractivity contribution >= 4 is 64.2 Å².